The van der Waals surface area contributed by atoms with Gasteiger partial charge in [0.05, 0.1) is 19.3 Å². The van der Waals surface area contributed by atoms with E-state index in [4.69, 9.17) is 0 Å². The number of pyridine rings is 1. The van der Waals surface area contributed by atoms with Crippen molar-refractivity contribution in [2.24, 2.45) is 0 Å². The lowest BCUT2D eigenvalue weighted by molar-refractivity contribution is 0.0947. The molecule has 0 aliphatic heterocycles. The predicted molar refractivity (Wildman–Crippen MR) is 104 cm³/mol. The largest absolute Gasteiger partial charge is 0.349 e. The van der Waals surface area contributed by atoms with Gasteiger partial charge in [0.1, 0.15) is 23.2 Å². The minimum absolute atomic E-state index is 0.0831. The molecule has 0 saturated carbocycles. The molecular weight excluding hydrogens is 375 g/mol. The number of halogens is 1. The van der Waals surface area contributed by atoms with E-state index in [2.05, 4.69) is 20.4 Å². The van der Waals surface area contributed by atoms with Crippen LogP contribution in [-0.2, 0) is 13.1 Å². The highest BCUT2D eigenvalue weighted by atomic mass is 19.1. The van der Waals surface area contributed by atoms with Crippen LogP contribution in [0.1, 0.15) is 16.1 Å². The molecule has 0 bridgehead atoms. The third kappa shape index (κ3) is 3.88. The van der Waals surface area contributed by atoms with Crippen LogP contribution >= 0.6 is 0 Å². The Morgan fingerprint density at radius 1 is 1.10 bits per heavy atom. The fourth-order valence-corrected chi connectivity index (χ4v) is 2.95. The lowest BCUT2D eigenvalue weighted by Crippen LogP contribution is -2.28. The van der Waals surface area contributed by atoms with Crippen LogP contribution in [0, 0.1) is 5.82 Å². The van der Waals surface area contributed by atoms with Gasteiger partial charge in [-0.15, -0.1) is 0 Å². The van der Waals surface area contributed by atoms with Crippen LogP contribution in [0.15, 0.2) is 66.0 Å². The van der Waals surface area contributed by atoms with Crippen LogP contribution in [-0.4, -0.2) is 36.8 Å². The Balaban J connectivity index is 1.48. The van der Waals surface area contributed by atoms with Gasteiger partial charge in [0.15, 0.2) is 5.65 Å². The van der Waals surface area contributed by atoms with Crippen molar-refractivity contribution < 1.29 is 9.18 Å². The van der Waals surface area contributed by atoms with Gasteiger partial charge in [-0.05, 0) is 18.2 Å². The van der Waals surface area contributed by atoms with E-state index in [1.165, 1.54) is 23.2 Å². The van der Waals surface area contributed by atoms with Gasteiger partial charge in [-0.2, -0.15) is 5.10 Å². The summed E-state index contributed by atoms with van der Waals surface area (Å²) in [4.78, 5) is 33.0. The fourth-order valence-electron chi connectivity index (χ4n) is 2.95. The Labute approximate surface area is 164 Å². The van der Waals surface area contributed by atoms with Crippen molar-refractivity contribution in [3.8, 4) is 0 Å². The van der Waals surface area contributed by atoms with Crippen molar-refractivity contribution >= 4 is 16.9 Å². The number of nitrogens with one attached hydrogen (secondary N) is 1. The second-order valence-electron chi connectivity index (χ2n) is 6.34. The molecule has 1 N–H and O–H groups in total. The number of hydrogen-bond acceptors (Lipinski definition) is 5. The fraction of sp³-hybridized carbons (Fsp3) is 0.150. The summed E-state index contributed by atoms with van der Waals surface area (Å²) >= 11 is 0. The number of benzene rings is 1. The Bertz CT molecular complexity index is 1220. The molecule has 4 rings (SSSR count). The molecule has 0 saturated heterocycles. The highest BCUT2D eigenvalue weighted by molar-refractivity contribution is 5.92. The number of aromatic nitrogens is 5. The first-order chi connectivity index (χ1) is 14.1. The summed E-state index contributed by atoms with van der Waals surface area (Å²) in [5.74, 6) is -0.666. The van der Waals surface area contributed by atoms with Crippen LogP contribution in [0.3, 0.4) is 0 Å². The molecule has 3 aromatic heterocycles. The second kappa shape index (κ2) is 8.01. The number of rotatable bonds is 6. The van der Waals surface area contributed by atoms with E-state index in [0.717, 1.165) is 0 Å². The van der Waals surface area contributed by atoms with Crippen molar-refractivity contribution in [1.29, 1.82) is 0 Å². The molecule has 0 atom stereocenters. The van der Waals surface area contributed by atoms with Crippen LogP contribution in [0.5, 0.6) is 0 Å². The maximum atomic E-state index is 13.9. The lowest BCUT2D eigenvalue weighted by atomic mass is 10.2. The summed E-state index contributed by atoms with van der Waals surface area (Å²) in [6.07, 6.45) is 4.36. The number of carbonyl (C=O) groups is 1. The average Bonchev–Trinajstić information content (AvgIpc) is 3.16. The van der Waals surface area contributed by atoms with E-state index >= 15 is 0 Å². The molecule has 0 unspecified atom stereocenters. The SMILES string of the molecule is O=C(NCCn1ncc2c(=O)n(Cc3ccccc3F)cnc21)c1ccccn1. The molecule has 0 aliphatic rings. The van der Waals surface area contributed by atoms with Crippen LogP contribution < -0.4 is 10.9 Å². The molecule has 3 heterocycles. The van der Waals surface area contributed by atoms with Crippen molar-refractivity contribution in [3.05, 3.63) is 88.6 Å². The molecule has 0 radical (unpaired) electrons. The van der Waals surface area contributed by atoms with E-state index in [1.807, 2.05) is 0 Å². The van der Waals surface area contributed by atoms with Gasteiger partial charge >= 0.3 is 0 Å². The van der Waals surface area contributed by atoms with Gasteiger partial charge < -0.3 is 5.32 Å². The first kappa shape index (κ1) is 18.5. The molecule has 8 nitrogen and oxygen atoms in total. The smallest absolute Gasteiger partial charge is 0.269 e. The summed E-state index contributed by atoms with van der Waals surface area (Å²) in [7, 11) is 0. The van der Waals surface area contributed by atoms with Crippen LogP contribution in [0.2, 0.25) is 0 Å². The quantitative estimate of drug-likeness (QED) is 0.538. The summed E-state index contributed by atoms with van der Waals surface area (Å²) < 4.78 is 16.7. The van der Waals surface area contributed by atoms with Gasteiger partial charge in [-0.3, -0.25) is 19.1 Å². The zero-order valence-corrected chi connectivity index (χ0v) is 15.3. The molecule has 0 fully saturated rings. The Morgan fingerprint density at radius 3 is 2.72 bits per heavy atom. The molecule has 1 aromatic carbocycles. The minimum Gasteiger partial charge on any atom is -0.349 e. The summed E-state index contributed by atoms with van der Waals surface area (Å²) in [6, 6.07) is 11.4. The number of nitrogens with zero attached hydrogens (tertiary/aromatic N) is 5. The van der Waals surface area contributed by atoms with E-state index in [0.29, 0.717) is 35.4 Å². The van der Waals surface area contributed by atoms with Gasteiger partial charge in [-0.25, -0.2) is 14.1 Å². The van der Waals surface area contributed by atoms with Crippen molar-refractivity contribution in [1.82, 2.24) is 29.6 Å². The number of hydrogen-bond donors (Lipinski definition) is 1. The molecular formula is C20H17FN6O2. The molecule has 0 spiro atoms. The third-order valence-corrected chi connectivity index (χ3v) is 4.43. The van der Waals surface area contributed by atoms with Gasteiger partial charge in [0.25, 0.3) is 11.5 Å². The Kier molecular flexibility index (Phi) is 5.10. The second-order valence-corrected chi connectivity index (χ2v) is 6.34. The summed E-state index contributed by atoms with van der Waals surface area (Å²) in [5, 5.41) is 7.28. The summed E-state index contributed by atoms with van der Waals surface area (Å²) in [6.45, 7) is 0.720. The maximum Gasteiger partial charge on any atom is 0.269 e. The zero-order chi connectivity index (χ0) is 20.2. The van der Waals surface area contributed by atoms with Gasteiger partial charge in [0, 0.05) is 18.3 Å². The monoisotopic (exact) mass is 392 g/mol. The van der Waals surface area contributed by atoms with Crippen molar-refractivity contribution in [3.63, 3.8) is 0 Å². The number of amides is 1. The van der Waals surface area contributed by atoms with Crippen molar-refractivity contribution in [2.45, 2.75) is 13.1 Å². The standard InChI is InChI=1S/C20H17FN6O2/c21-16-6-2-1-5-14(16)12-26-13-24-18-15(20(26)29)11-25-27(18)10-9-23-19(28)17-7-3-4-8-22-17/h1-8,11,13H,9-10,12H2,(H,23,28). The van der Waals surface area contributed by atoms with E-state index in [-0.39, 0.29) is 23.8 Å². The zero-order valence-electron chi connectivity index (χ0n) is 15.3. The molecule has 1 amide bonds. The van der Waals surface area contributed by atoms with E-state index < -0.39 is 0 Å². The third-order valence-electron chi connectivity index (χ3n) is 4.43. The first-order valence-corrected chi connectivity index (χ1v) is 8.97. The van der Waals surface area contributed by atoms with Crippen LogP contribution in [0.25, 0.3) is 11.0 Å². The number of fused-ring (bicyclic) bond motifs is 1. The normalized spacial score (nSPS) is 10.9. The Morgan fingerprint density at radius 2 is 1.93 bits per heavy atom. The summed E-state index contributed by atoms with van der Waals surface area (Å²) in [5.41, 5.74) is 0.834. The molecule has 0 aliphatic carbocycles. The van der Waals surface area contributed by atoms with Gasteiger partial charge in [-0.1, -0.05) is 24.3 Å². The molecule has 29 heavy (non-hydrogen) atoms. The average molecular weight is 392 g/mol. The number of carbonyl (C=O) groups excluding carboxylic acids is 1. The molecule has 9 heteroatoms. The highest BCUT2D eigenvalue weighted by Gasteiger charge is 2.12. The van der Waals surface area contributed by atoms with E-state index in [9.17, 15) is 14.0 Å². The topological polar surface area (TPSA) is 94.7 Å². The van der Waals surface area contributed by atoms with Crippen LogP contribution in [0.4, 0.5) is 4.39 Å². The Hall–Kier alpha value is -3.88. The van der Waals surface area contributed by atoms with E-state index in [1.54, 1.807) is 47.3 Å². The van der Waals surface area contributed by atoms with Crippen molar-refractivity contribution in [2.75, 3.05) is 6.54 Å². The lowest BCUT2D eigenvalue weighted by Gasteiger charge is -2.08. The predicted octanol–water partition coefficient (Wildman–Crippen LogP) is 1.61. The minimum atomic E-state index is -0.376. The highest BCUT2D eigenvalue weighted by Crippen LogP contribution is 2.09. The molecule has 146 valence electrons. The maximum absolute atomic E-state index is 13.9. The molecule has 4 aromatic rings. The van der Waals surface area contributed by atoms with Gasteiger partial charge in [0.2, 0.25) is 0 Å². The first-order valence-electron chi connectivity index (χ1n) is 8.97.